The lowest BCUT2D eigenvalue weighted by Gasteiger charge is -2.43. The minimum absolute atomic E-state index is 0.116. The van der Waals surface area contributed by atoms with E-state index in [0.717, 1.165) is 26.5 Å². The molecule has 1 heterocycles. The Morgan fingerprint density at radius 3 is 1.92 bits per heavy atom. The Kier molecular flexibility index (Phi) is 6.79. The summed E-state index contributed by atoms with van der Waals surface area (Å²) in [6.07, 6.45) is 1.89. The van der Waals surface area contributed by atoms with Gasteiger partial charge in [-0.25, -0.2) is 4.98 Å². The molecule has 0 saturated heterocycles. The highest BCUT2D eigenvalue weighted by molar-refractivity contribution is 7.19. The zero-order valence-electron chi connectivity index (χ0n) is 21.2. The predicted molar refractivity (Wildman–Crippen MR) is 158 cm³/mol. The molecule has 1 aromatic heterocycles. The summed E-state index contributed by atoms with van der Waals surface area (Å²) in [5.41, 5.74) is 2.41. The van der Waals surface area contributed by atoms with E-state index in [1.807, 2.05) is 54.6 Å². The fourth-order valence-electron chi connectivity index (χ4n) is 4.75. The molecule has 5 aromatic rings. The predicted octanol–water partition coefficient (Wildman–Crippen LogP) is 7.30. The van der Waals surface area contributed by atoms with E-state index in [2.05, 4.69) is 92.5 Å². The Labute approximate surface area is 223 Å². The maximum absolute atomic E-state index is 9.84. The molecule has 3 nitrogen and oxygen atoms in total. The number of hydrogen-bond donors (Lipinski definition) is 0. The van der Waals surface area contributed by atoms with Crippen LogP contribution in [0.15, 0.2) is 109 Å². The van der Waals surface area contributed by atoms with Crippen LogP contribution in [-0.4, -0.2) is 13.3 Å². The third kappa shape index (κ3) is 4.86. The lowest BCUT2D eigenvalue weighted by atomic mass is 10.1. The van der Waals surface area contributed by atoms with Gasteiger partial charge in [0.2, 0.25) is 0 Å². The van der Waals surface area contributed by atoms with E-state index in [0.29, 0.717) is 5.57 Å². The van der Waals surface area contributed by atoms with E-state index < -0.39 is 8.32 Å². The van der Waals surface area contributed by atoms with E-state index in [9.17, 15) is 5.26 Å². The fraction of sp³-hybridized carbons (Fsp3) is 0.125. The number of hydrogen-bond acceptors (Lipinski definition) is 4. The van der Waals surface area contributed by atoms with Crippen molar-refractivity contribution in [2.45, 2.75) is 25.8 Å². The van der Waals surface area contributed by atoms with Crippen molar-refractivity contribution in [1.82, 2.24) is 4.98 Å². The van der Waals surface area contributed by atoms with E-state index in [-0.39, 0.29) is 5.04 Å². The molecular weight excluding hydrogens is 489 g/mol. The number of fused-ring (bicyclic) bond motifs is 1. The second-order valence-corrected chi connectivity index (χ2v) is 15.2. The van der Waals surface area contributed by atoms with Gasteiger partial charge in [0.1, 0.15) is 16.8 Å². The molecule has 0 aliphatic heterocycles. The summed E-state index contributed by atoms with van der Waals surface area (Å²) in [5, 5.41) is 12.9. The highest BCUT2D eigenvalue weighted by Crippen LogP contribution is 2.37. The number of benzene rings is 4. The molecule has 0 bridgehead atoms. The minimum atomic E-state index is -2.69. The van der Waals surface area contributed by atoms with Crippen LogP contribution in [0.3, 0.4) is 0 Å². The first-order chi connectivity index (χ1) is 17.9. The number of nitriles is 1. The molecule has 37 heavy (non-hydrogen) atoms. The smallest absolute Gasteiger partial charge is 0.319 e. The van der Waals surface area contributed by atoms with Gasteiger partial charge in [-0.05, 0) is 51.3 Å². The van der Waals surface area contributed by atoms with Crippen LogP contribution in [0.25, 0.3) is 21.9 Å². The lowest BCUT2D eigenvalue weighted by molar-refractivity contribution is 0.508. The number of rotatable bonds is 6. The van der Waals surface area contributed by atoms with Crippen LogP contribution in [-0.2, 0) is 0 Å². The first-order valence-electron chi connectivity index (χ1n) is 12.3. The highest BCUT2D eigenvalue weighted by atomic mass is 32.1. The summed E-state index contributed by atoms with van der Waals surface area (Å²) in [5.74, 6) is 0.824. The molecule has 0 N–H and O–H groups in total. The summed E-state index contributed by atoms with van der Waals surface area (Å²) >= 11 is 1.54. The van der Waals surface area contributed by atoms with Gasteiger partial charge in [0, 0.05) is 0 Å². The molecule has 0 radical (unpaired) electrons. The first-order valence-corrected chi connectivity index (χ1v) is 15.0. The number of thiazole rings is 1. The van der Waals surface area contributed by atoms with Crippen molar-refractivity contribution < 1.29 is 4.43 Å². The van der Waals surface area contributed by atoms with Crippen molar-refractivity contribution in [3.05, 3.63) is 120 Å². The van der Waals surface area contributed by atoms with Crippen LogP contribution < -0.4 is 14.8 Å². The molecule has 4 aromatic carbocycles. The topological polar surface area (TPSA) is 45.9 Å². The summed E-state index contributed by atoms with van der Waals surface area (Å²) < 4.78 is 8.17. The van der Waals surface area contributed by atoms with E-state index in [4.69, 9.17) is 4.43 Å². The lowest BCUT2D eigenvalue weighted by Crippen LogP contribution is -2.68. The third-order valence-electron chi connectivity index (χ3n) is 6.52. The maximum Gasteiger partial charge on any atom is 0.319 e. The number of para-hydroxylation sites is 1. The maximum atomic E-state index is 9.84. The first kappa shape index (κ1) is 24.7. The van der Waals surface area contributed by atoms with E-state index >= 15 is 0 Å². The van der Waals surface area contributed by atoms with Crippen LogP contribution in [0.2, 0.25) is 5.04 Å². The Morgan fingerprint density at radius 1 is 0.811 bits per heavy atom. The van der Waals surface area contributed by atoms with Gasteiger partial charge in [0.15, 0.2) is 0 Å². The summed E-state index contributed by atoms with van der Waals surface area (Å²) in [6.45, 7) is 6.81. The summed E-state index contributed by atoms with van der Waals surface area (Å²) in [7, 11) is -2.69. The van der Waals surface area contributed by atoms with Gasteiger partial charge < -0.3 is 4.43 Å². The average molecular weight is 517 g/mol. The van der Waals surface area contributed by atoms with Gasteiger partial charge >= 0.3 is 8.32 Å². The molecule has 5 rings (SSSR count). The van der Waals surface area contributed by atoms with Crippen LogP contribution >= 0.6 is 11.3 Å². The van der Waals surface area contributed by atoms with Gasteiger partial charge in [-0.2, -0.15) is 5.26 Å². The minimum Gasteiger partial charge on any atom is -0.534 e. The Balaban J connectivity index is 1.52. The molecule has 0 atom stereocenters. The zero-order valence-corrected chi connectivity index (χ0v) is 23.0. The zero-order chi connectivity index (χ0) is 25.9. The van der Waals surface area contributed by atoms with Crippen molar-refractivity contribution in [2.24, 2.45) is 0 Å². The second kappa shape index (κ2) is 10.2. The molecule has 0 saturated carbocycles. The molecule has 0 fully saturated rings. The van der Waals surface area contributed by atoms with Crippen LogP contribution in [0.4, 0.5) is 0 Å². The molecule has 0 aliphatic rings. The second-order valence-electron chi connectivity index (χ2n) is 9.99. The van der Waals surface area contributed by atoms with Crippen molar-refractivity contribution in [3.8, 4) is 11.8 Å². The van der Waals surface area contributed by atoms with Crippen LogP contribution in [0.1, 0.15) is 31.3 Å². The highest BCUT2D eigenvalue weighted by Gasteiger charge is 2.52. The SMILES string of the molecule is CC(C)(C)[Si](Oc1ccc(/C=C(\C#N)c2nc3ccccc3s2)cc1)(c1ccccc1)c1ccccc1. The van der Waals surface area contributed by atoms with Crippen molar-refractivity contribution in [3.63, 3.8) is 0 Å². The van der Waals surface area contributed by atoms with Crippen molar-refractivity contribution in [2.75, 3.05) is 0 Å². The van der Waals surface area contributed by atoms with Gasteiger partial charge in [0.05, 0.1) is 15.8 Å². The molecule has 0 aliphatic carbocycles. The molecule has 0 unspecified atom stereocenters. The standard InChI is InChI=1S/C32H28N2OSSi/c1-32(2,3)37(27-12-6-4-7-13-27,28-14-8-5-9-15-28)35-26-20-18-24(19-21-26)22-25(23-33)31-34-29-16-10-11-17-30(29)36-31/h4-22H,1-3H3/b25-22+. The molecular formula is C32H28N2OSSi. The number of allylic oxidation sites excluding steroid dienone is 1. The van der Waals surface area contributed by atoms with Gasteiger partial charge in [-0.3, -0.25) is 0 Å². The monoisotopic (exact) mass is 516 g/mol. The Hall–Kier alpha value is -3.98. The van der Waals surface area contributed by atoms with Gasteiger partial charge in [-0.15, -0.1) is 11.3 Å². The average Bonchev–Trinajstić information content (AvgIpc) is 3.35. The fourth-order valence-corrected chi connectivity index (χ4v) is 10.1. The van der Waals surface area contributed by atoms with Gasteiger partial charge in [-0.1, -0.05) is 106 Å². The number of nitrogens with zero attached hydrogens (tertiary/aromatic N) is 2. The third-order valence-corrected chi connectivity index (χ3v) is 12.5. The summed E-state index contributed by atoms with van der Waals surface area (Å²) in [6, 6.07) is 39.6. The van der Waals surface area contributed by atoms with Gasteiger partial charge in [0.25, 0.3) is 0 Å². The largest absolute Gasteiger partial charge is 0.534 e. The van der Waals surface area contributed by atoms with Crippen LogP contribution in [0.5, 0.6) is 5.75 Å². The molecule has 182 valence electrons. The number of aromatic nitrogens is 1. The molecule has 0 amide bonds. The Bertz CT molecular complexity index is 1510. The van der Waals surface area contributed by atoms with E-state index in [1.165, 1.54) is 21.7 Å². The van der Waals surface area contributed by atoms with Crippen molar-refractivity contribution in [1.29, 1.82) is 5.26 Å². The molecule has 0 spiro atoms. The van der Waals surface area contributed by atoms with Crippen molar-refractivity contribution >= 4 is 51.9 Å². The summed E-state index contributed by atoms with van der Waals surface area (Å²) in [4.78, 5) is 4.65. The normalized spacial score (nSPS) is 12.3. The molecule has 5 heteroatoms. The Morgan fingerprint density at radius 2 is 1.38 bits per heavy atom. The van der Waals surface area contributed by atoms with E-state index in [1.54, 1.807) is 0 Å². The van der Waals surface area contributed by atoms with Crippen LogP contribution in [0, 0.1) is 11.3 Å². The quantitative estimate of drug-likeness (QED) is 0.176.